The lowest BCUT2D eigenvalue weighted by molar-refractivity contribution is -0.121. The molecule has 2 fully saturated rings. The highest BCUT2D eigenvalue weighted by Gasteiger charge is 2.49. The first kappa shape index (κ1) is 15.7. The zero-order chi connectivity index (χ0) is 16.8. The molecule has 2 aliphatic rings. The summed E-state index contributed by atoms with van der Waals surface area (Å²) in [4.78, 5) is 29.8. The molecule has 1 aromatic rings. The summed E-state index contributed by atoms with van der Waals surface area (Å²) in [5, 5.41) is 3.22. The number of piperidine rings is 1. The summed E-state index contributed by atoms with van der Waals surface area (Å²) in [6, 6.07) is -2.06. The Morgan fingerprint density at radius 2 is 2.22 bits per heavy atom. The average molecular weight is 345 g/mol. The van der Waals surface area contributed by atoms with Crippen molar-refractivity contribution in [3.8, 4) is 0 Å². The van der Waals surface area contributed by atoms with Gasteiger partial charge in [0, 0.05) is 26.0 Å². The molecule has 0 saturated carbocycles. The van der Waals surface area contributed by atoms with Gasteiger partial charge in [-0.1, -0.05) is 0 Å². The fourth-order valence-electron chi connectivity index (χ4n) is 2.78. The lowest BCUT2D eigenvalue weighted by atomic mass is 10.0. The van der Waals surface area contributed by atoms with Crippen LogP contribution < -0.4 is 5.32 Å². The normalized spacial score (nSPS) is 24.2. The van der Waals surface area contributed by atoms with Crippen molar-refractivity contribution < 1.29 is 26.8 Å². The van der Waals surface area contributed by atoms with Crippen LogP contribution in [0.4, 0.5) is 10.7 Å². The van der Waals surface area contributed by atoms with Gasteiger partial charge in [0.1, 0.15) is 6.04 Å². The molecule has 2 N–H and O–H groups in total. The number of carbonyl (C=O) groups excluding carboxylic acids is 2. The summed E-state index contributed by atoms with van der Waals surface area (Å²) in [5.74, 6) is -0.0744. The predicted octanol–water partition coefficient (Wildman–Crippen LogP) is -0.638. The van der Waals surface area contributed by atoms with Gasteiger partial charge in [-0.3, -0.25) is 14.7 Å². The van der Waals surface area contributed by atoms with Gasteiger partial charge in [0.15, 0.2) is 0 Å². The van der Waals surface area contributed by atoms with E-state index in [1.807, 2.05) is 0 Å². The van der Waals surface area contributed by atoms with Crippen LogP contribution in [0.3, 0.4) is 0 Å². The van der Waals surface area contributed by atoms with E-state index in [0.717, 1.165) is 0 Å². The van der Waals surface area contributed by atoms with E-state index in [9.17, 15) is 18.0 Å². The highest BCUT2D eigenvalue weighted by atomic mass is 32.3. The SMILES string of the molecule is Cn1ccnc1NC(=O)[C@@H]1CC[C@@H]2CN1C(=O)N2OS(=O)(=O)O. The smallest absolute Gasteiger partial charge is 0.320 e. The van der Waals surface area contributed by atoms with Crippen LogP contribution in [0, 0.1) is 0 Å². The maximum atomic E-state index is 12.4. The van der Waals surface area contributed by atoms with Crippen molar-refractivity contribution in [1.29, 1.82) is 0 Å². The number of hydrogen-bond acceptors (Lipinski definition) is 6. The standard InChI is InChI=1S/C11H15N5O6S/c1-14-5-4-12-10(14)13-9(17)8-3-2-7-6-15(8)11(18)16(7)22-23(19,20)21/h4-5,7-8H,2-3,6H2,1H3,(H,12,13,17)(H,19,20,21)/t7-,8+/m1/s1. The Kier molecular flexibility index (Phi) is 3.74. The van der Waals surface area contributed by atoms with Crippen LogP contribution in [0.25, 0.3) is 0 Å². The van der Waals surface area contributed by atoms with Crippen molar-refractivity contribution in [1.82, 2.24) is 19.5 Å². The van der Waals surface area contributed by atoms with Crippen LogP contribution in [-0.2, 0) is 26.5 Å². The minimum atomic E-state index is -4.80. The molecule has 0 spiro atoms. The molecular formula is C11H15N5O6S. The van der Waals surface area contributed by atoms with E-state index in [4.69, 9.17) is 4.55 Å². The van der Waals surface area contributed by atoms with Gasteiger partial charge in [-0.05, 0) is 12.8 Å². The number of imidazole rings is 1. The van der Waals surface area contributed by atoms with Crippen LogP contribution in [0.2, 0.25) is 0 Å². The molecule has 0 radical (unpaired) electrons. The van der Waals surface area contributed by atoms with Gasteiger partial charge < -0.3 is 9.47 Å². The zero-order valence-corrected chi connectivity index (χ0v) is 12.9. The number of hydroxylamine groups is 2. The monoisotopic (exact) mass is 345 g/mol. The molecule has 3 heterocycles. The molecule has 3 amide bonds. The molecule has 0 aliphatic carbocycles. The highest BCUT2D eigenvalue weighted by molar-refractivity contribution is 7.80. The Morgan fingerprint density at radius 1 is 1.48 bits per heavy atom. The first-order valence-corrected chi connectivity index (χ1v) is 8.18. The number of aromatic nitrogens is 2. The number of nitrogens with zero attached hydrogens (tertiary/aromatic N) is 4. The molecule has 23 heavy (non-hydrogen) atoms. The van der Waals surface area contributed by atoms with Crippen LogP contribution >= 0.6 is 0 Å². The molecular weight excluding hydrogens is 330 g/mol. The van der Waals surface area contributed by atoms with Crippen LogP contribution in [0.15, 0.2) is 12.4 Å². The second-order valence-corrected chi connectivity index (χ2v) is 6.37. The summed E-state index contributed by atoms with van der Waals surface area (Å²) in [7, 11) is -3.09. The Hall–Kier alpha value is -2.18. The Morgan fingerprint density at radius 3 is 2.83 bits per heavy atom. The Bertz CT molecular complexity index is 746. The van der Waals surface area contributed by atoms with E-state index < -0.39 is 34.4 Å². The van der Waals surface area contributed by atoms with Gasteiger partial charge in [-0.25, -0.2) is 9.78 Å². The molecule has 11 nitrogen and oxygen atoms in total. The van der Waals surface area contributed by atoms with Crippen molar-refractivity contribution >= 4 is 28.3 Å². The van der Waals surface area contributed by atoms with E-state index in [0.29, 0.717) is 23.9 Å². The average Bonchev–Trinajstić information content (AvgIpc) is 2.96. The molecule has 2 bridgehead atoms. The summed E-state index contributed by atoms with van der Waals surface area (Å²) >= 11 is 0. The molecule has 12 heteroatoms. The number of fused-ring (bicyclic) bond motifs is 2. The number of nitrogens with one attached hydrogen (secondary N) is 1. The van der Waals surface area contributed by atoms with E-state index in [1.165, 1.54) is 11.1 Å². The van der Waals surface area contributed by atoms with E-state index in [-0.39, 0.29) is 6.54 Å². The van der Waals surface area contributed by atoms with Gasteiger partial charge in [-0.15, -0.1) is 4.28 Å². The fourth-order valence-corrected chi connectivity index (χ4v) is 3.17. The van der Waals surface area contributed by atoms with Crippen molar-refractivity contribution in [2.24, 2.45) is 7.05 Å². The van der Waals surface area contributed by atoms with Crippen molar-refractivity contribution in [3.63, 3.8) is 0 Å². The number of hydrogen-bond donors (Lipinski definition) is 2. The number of carbonyl (C=O) groups is 2. The van der Waals surface area contributed by atoms with Crippen molar-refractivity contribution in [2.45, 2.75) is 24.9 Å². The third-order valence-corrected chi connectivity index (χ3v) is 4.21. The number of rotatable bonds is 4. The maximum absolute atomic E-state index is 12.4. The molecule has 1 aromatic heterocycles. The summed E-state index contributed by atoms with van der Waals surface area (Å²) < 4.78 is 36.3. The van der Waals surface area contributed by atoms with Crippen molar-refractivity contribution in [2.75, 3.05) is 11.9 Å². The van der Waals surface area contributed by atoms with Gasteiger partial charge in [0.05, 0.1) is 6.04 Å². The van der Waals surface area contributed by atoms with E-state index >= 15 is 0 Å². The number of anilines is 1. The molecule has 0 unspecified atom stereocenters. The molecule has 126 valence electrons. The quantitative estimate of drug-likeness (QED) is 0.693. The number of urea groups is 1. The number of aryl methyl sites for hydroxylation is 1. The van der Waals surface area contributed by atoms with Crippen LogP contribution in [-0.4, -0.2) is 63.1 Å². The highest BCUT2D eigenvalue weighted by Crippen LogP contribution is 2.31. The first-order chi connectivity index (χ1) is 10.8. The Labute approximate surface area is 131 Å². The third-order valence-electron chi connectivity index (χ3n) is 3.86. The van der Waals surface area contributed by atoms with Gasteiger partial charge in [0.2, 0.25) is 11.9 Å². The molecule has 2 saturated heterocycles. The second kappa shape index (κ2) is 5.47. The van der Waals surface area contributed by atoms with Crippen molar-refractivity contribution in [3.05, 3.63) is 12.4 Å². The Balaban J connectivity index is 1.73. The lowest BCUT2D eigenvalue weighted by Crippen LogP contribution is -2.47. The minimum Gasteiger partial charge on any atom is -0.320 e. The van der Waals surface area contributed by atoms with E-state index in [2.05, 4.69) is 14.6 Å². The summed E-state index contributed by atoms with van der Waals surface area (Å²) in [6.45, 7) is 0.146. The maximum Gasteiger partial charge on any atom is 0.418 e. The topological polar surface area (TPSA) is 134 Å². The first-order valence-electron chi connectivity index (χ1n) is 6.81. The second-order valence-electron chi connectivity index (χ2n) is 5.36. The molecule has 2 atom stereocenters. The van der Waals surface area contributed by atoms with E-state index in [1.54, 1.807) is 17.8 Å². The third kappa shape index (κ3) is 3.00. The molecule has 0 aromatic carbocycles. The largest absolute Gasteiger partial charge is 0.418 e. The summed E-state index contributed by atoms with van der Waals surface area (Å²) in [5.41, 5.74) is 0. The predicted molar refractivity (Wildman–Crippen MR) is 75.2 cm³/mol. The molecule has 3 rings (SSSR count). The minimum absolute atomic E-state index is 0.146. The summed E-state index contributed by atoms with van der Waals surface area (Å²) in [6.07, 6.45) is 3.90. The zero-order valence-electron chi connectivity index (χ0n) is 12.1. The van der Waals surface area contributed by atoms with Crippen LogP contribution in [0.1, 0.15) is 12.8 Å². The number of amides is 3. The fraction of sp³-hybridized carbons (Fsp3) is 0.545. The lowest BCUT2D eigenvalue weighted by Gasteiger charge is -2.29. The van der Waals surface area contributed by atoms with Gasteiger partial charge in [-0.2, -0.15) is 13.5 Å². The van der Waals surface area contributed by atoms with Gasteiger partial charge in [0.25, 0.3) is 0 Å². The van der Waals surface area contributed by atoms with Crippen LogP contribution in [0.5, 0.6) is 0 Å². The molecule has 2 aliphatic heterocycles. The van der Waals surface area contributed by atoms with Gasteiger partial charge >= 0.3 is 16.4 Å².